The molecule has 2 amide bonds. The first kappa shape index (κ1) is 33.4. The zero-order chi connectivity index (χ0) is 32.6. The number of amides is 2. The van der Waals surface area contributed by atoms with E-state index in [1.807, 2.05) is 30.3 Å². The van der Waals surface area contributed by atoms with Crippen molar-refractivity contribution in [1.29, 1.82) is 0 Å². The van der Waals surface area contributed by atoms with Crippen LogP contribution in [0.25, 0.3) is 0 Å². The number of rotatable bonds is 13. The molecule has 3 aromatic rings. The van der Waals surface area contributed by atoms with Gasteiger partial charge in [-0.1, -0.05) is 61.7 Å². The number of nitro groups is 1. The highest BCUT2D eigenvalue weighted by molar-refractivity contribution is 7.92. The van der Waals surface area contributed by atoms with Gasteiger partial charge in [0.05, 0.1) is 18.3 Å². The van der Waals surface area contributed by atoms with Crippen LogP contribution in [0.5, 0.6) is 5.75 Å². The molecule has 0 spiro atoms. The summed E-state index contributed by atoms with van der Waals surface area (Å²) in [7, 11) is -2.92. The van der Waals surface area contributed by atoms with Crippen molar-refractivity contribution in [1.82, 2.24) is 10.2 Å². The number of halogens is 1. The molecule has 1 aliphatic carbocycles. The predicted molar refractivity (Wildman–Crippen MR) is 168 cm³/mol. The van der Waals surface area contributed by atoms with Gasteiger partial charge in [0.25, 0.3) is 5.69 Å². The van der Waals surface area contributed by atoms with Gasteiger partial charge in [0.2, 0.25) is 21.8 Å². The number of non-ortho nitro benzene ring substituents is 1. The summed E-state index contributed by atoms with van der Waals surface area (Å²) in [5.74, 6) is -1.61. The molecule has 0 saturated heterocycles. The number of nitrogens with zero attached hydrogens (tertiary/aromatic N) is 3. The minimum atomic E-state index is -4.19. The molecule has 1 aliphatic rings. The van der Waals surface area contributed by atoms with E-state index in [9.17, 15) is 32.5 Å². The lowest BCUT2D eigenvalue weighted by atomic mass is 9.94. The fourth-order valence-corrected chi connectivity index (χ4v) is 6.31. The second-order valence-corrected chi connectivity index (χ2v) is 13.0. The van der Waals surface area contributed by atoms with Gasteiger partial charge >= 0.3 is 0 Å². The van der Waals surface area contributed by atoms with Crippen LogP contribution in [0.1, 0.15) is 43.2 Å². The van der Waals surface area contributed by atoms with Gasteiger partial charge in [0.1, 0.15) is 29.8 Å². The smallest absolute Gasteiger partial charge is 0.271 e. The molecule has 240 valence electrons. The molecule has 0 aliphatic heterocycles. The van der Waals surface area contributed by atoms with Crippen molar-refractivity contribution >= 4 is 33.2 Å². The van der Waals surface area contributed by atoms with Crippen LogP contribution in [0.3, 0.4) is 0 Å². The number of carbonyl (C=O) groups is 2. The molecule has 0 aromatic heterocycles. The number of benzene rings is 3. The highest BCUT2D eigenvalue weighted by Crippen LogP contribution is 2.34. The molecule has 0 heterocycles. The number of nitrogens with one attached hydrogen (secondary N) is 1. The largest absolute Gasteiger partial charge is 0.495 e. The molecular formula is C32H37FN4O7S. The number of sulfonamides is 1. The van der Waals surface area contributed by atoms with E-state index >= 15 is 0 Å². The number of ether oxygens (including phenoxy) is 1. The van der Waals surface area contributed by atoms with E-state index in [0.29, 0.717) is 5.56 Å². The van der Waals surface area contributed by atoms with Crippen LogP contribution in [0.15, 0.2) is 72.8 Å². The predicted octanol–water partition coefficient (Wildman–Crippen LogP) is 4.60. The molecule has 1 N–H and O–H groups in total. The Hall–Kier alpha value is -4.52. The Kier molecular flexibility index (Phi) is 11.1. The number of hydrogen-bond donors (Lipinski definition) is 1. The average molecular weight is 641 g/mol. The maximum atomic E-state index is 14.3. The van der Waals surface area contributed by atoms with Gasteiger partial charge in [0, 0.05) is 31.1 Å². The number of anilines is 1. The topological polar surface area (TPSA) is 139 Å². The zero-order valence-corrected chi connectivity index (χ0v) is 26.0. The van der Waals surface area contributed by atoms with Gasteiger partial charge < -0.3 is 15.0 Å². The van der Waals surface area contributed by atoms with Gasteiger partial charge in [-0.3, -0.25) is 24.0 Å². The van der Waals surface area contributed by atoms with Gasteiger partial charge in [-0.2, -0.15) is 0 Å². The summed E-state index contributed by atoms with van der Waals surface area (Å²) in [5.41, 5.74) is 0.699. The fourth-order valence-electron chi connectivity index (χ4n) is 5.47. The van der Waals surface area contributed by atoms with E-state index in [0.717, 1.165) is 60.4 Å². The van der Waals surface area contributed by atoms with Crippen LogP contribution in [-0.4, -0.2) is 62.0 Å². The molecule has 4 rings (SSSR count). The molecule has 1 atom stereocenters. The van der Waals surface area contributed by atoms with Crippen molar-refractivity contribution in [2.75, 3.05) is 24.2 Å². The van der Waals surface area contributed by atoms with Crippen LogP contribution >= 0.6 is 0 Å². The Morgan fingerprint density at radius 3 is 2.29 bits per heavy atom. The van der Waals surface area contributed by atoms with Gasteiger partial charge in [-0.15, -0.1) is 0 Å². The van der Waals surface area contributed by atoms with Gasteiger partial charge in [0.15, 0.2) is 0 Å². The Balaban J connectivity index is 1.77. The molecule has 3 aromatic carbocycles. The second kappa shape index (κ2) is 15.0. The van der Waals surface area contributed by atoms with E-state index in [1.165, 1.54) is 42.3 Å². The highest BCUT2D eigenvalue weighted by Gasteiger charge is 2.35. The zero-order valence-electron chi connectivity index (χ0n) is 25.2. The number of methoxy groups -OCH3 is 1. The lowest BCUT2D eigenvalue weighted by molar-refractivity contribution is -0.384. The lowest BCUT2D eigenvalue weighted by Gasteiger charge is -2.35. The average Bonchev–Trinajstić information content (AvgIpc) is 3.02. The van der Waals surface area contributed by atoms with E-state index in [2.05, 4.69) is 5.32 Å². The van der Waals surface area contributed by atoms with Crippen molar-refractivity contribution in [3.8, 4) is 5.75 Å². The summed E-state index contributed by atoms with van der Waals surface area (Å²) >= 11 is 0. The van der Waals surface area contributed by atoms with Crippen molar-refractivity contribution in [2.24, 2.45) is 0 Å². The van der Waals surface area contributed by atoms with E-state index < -0.39 is 44.9 Å². The first-order chi connectivity index (χ1) is 21.5. The Morgan fingerprint density at radius 2 is 1.69 bits per heavy atom. The maximum Gasteiger partial charge on any atom is 0.271 e. The number of hydrogen-bond acceptors (Lipinski definition) is 7. The highest BCUT2D eigenvalue weighted by atomic mass is 32.2. The van der Waals surface area contributed by atoms with Gasteiger partial charge in [-0.05, 0) is 42.2 Å². The van der Waals surface area contributed by atoms with Crippen LogP contribution in [0, 0.1) is 15.9 Å². The molecule has 11 nitrogen and oxygen atoms in total. The van der Waals surface area contributed by atoms with Crippen LogP contribution < -0.4 is 14.4 Å². The van der Waals surface area contributed by atoms with Crippen molar-refractivity contribution < 1.29 is 32.1 Å². The van der Waals surface area contributed by atoms with E-state index in [4.69, 9.17) is 4.74 Å². The molecule has 13 heteroatoms. The standard InChI is InChI=1S/C32H37FN4O7S/c1-44-30-18-17-27(37(40)41)20-28(30)36(45(2,42)43)22-31(38)35(21-24-13-15-25(33)16-14-24)29(19-23-9-5-3-6-10-23)32(39)34-26-11-7-4-8-12-26/h3,5-6,9-10,13-18,20,26,29H,4,7-8,11-12,19,21-22H2,1-2H3,(H,34,39)/t29-/m1/s1. The Morgan fingerprint density at radius 1 is 1.02 bits per heavy atom. The summed E-state index contributed by atoms with van der Waals surface area (Å²) in [6.07, 6.45) is 5.65. The lowest BCUT2D eigenvalue weighted by Crippen LogP contribution is -2.55. The molecular weight excluding hydrogens is 603 g/mol. The maximum absolute atomic E-state index is 14.3. The molecule has 0 bridgehead atoms. The monoisotopic (exact) mass is 640 g/mol. The van der Waals surface area contributed by atoms with Crippen LogP contribution in [0.2, 0.25) is 0 Å². The van der Waals surface area contributed by atoms with Crippen molar-refractivity contribution in [3.05, 3.63) is 99.9 Å². The van der Waals surface area contributed by atoms with Crippen LogP contribution in [0.4, 0.5) is 15.8 Å². The normalized spacial score (nSPS) is 14.3. The Labute approximate surface area is 262 Å². The minimum absolute atomic E-state index is 0.000198. The fraction of sp³-hybridized carbons (Fsp3) is 0.375. The summed E-state index contributed by atoms with van der Waals surface area (Å²) in [6, 6.07) is 16.9. The van der Waals surface area contributed by atoms with Gasteiger partial charge in [-0.25, -0.2) is 12.8 Å². The number of carbonyl (C=O) groups excluding carboxylic acids is 2. The number of nitro benzene ring substituents is 1. The van der Waals surface area contributed by atoms with Crippen molar-refractivity contribution in [2.45, 2.75) is 57.2 Å². The summed E-state index contributed by atoms with van der Waals surface area (Å²) < 4.78 is 46.0. The summed E-state index contributed by atoms with van der Waals surface area (Å²) in [5, 5.41) is 14.6. The Bertz CT molecular complexity index is 1600. The second-order valence-electron chi connectivity index (χ2n) is 11.1. The summed E-state index contributed by atoms with van der Waals surface area (Å²) in [6.45, 7) is -0.905. The molecule has 0 unspecified atom stereocenters. The third kappa shape index (κ3) is 9.00. The third-order valence-corrected chi connectivity index (χ3v) is 8.94. The first-order valence-corrected chi connectivity index (χ1v) is 16.5. The molecule has 45 heavy (non-hydrogen) atoms. The minimum Gasteiger partial charge on any atom is -0.495 e. The third-order valence-electron chi connectivity index (χ3n) is 7.81. The molecule has 1 saturated carbocycles. The SMILES string of the molecule is COc1ccc([N+](=O)[O-])cc1N(CC(=O)N(Cc1ccc(F)cc1)[C@H](Cc1ccccc1)C(=O)NC1CCCCC1)S(C)(=O)=O. The summed E-state index contributed by atoms with van der Waals surface area (Å²) in [4.78, 5) is 40.4. The van der Waals surface area contributed by atoms with Crippen molar-refractivity contribution in [3.63, 3.8) is 0 Å². The van der Waals surface area contributed by atoms with E-state index in [1.54, 1.807) is 0 Å². The quantitative estimate of drug-likeness (QED) is 0.213. The van der Waals surface area contributed by atoms with E-state index in [-0.39, 0.29) is 36.4 Å². The molecule has 0 radical (unpaired) electrons. The molecule has 1 fully saturated rings. The van der Waals surface area contributed by atoms with Crippen LogP contribution in [-0.2, 0) is 32.6 Å². The first-order valence-electron chi connectivity index (χ1n) is 14.6.